The molecule has 4 nitrogen and oxygen atoms in total. The number of rotatable bonds is 4. The zero-order valence-electron chi connectivity index (χ0n) is 13.4. The van der Waals surface area contributed by atoms with Crippen molar-refractivity contribution >= 4 is 17.3 Å². The lowest BCUT2D eigenvalue weighted by Gasteiger charge is -2.09. The molecule has 4 rings (SSSR count). The van der Waals surface area contributed by atoms with Gasteiger partial charge in [0.25, 0.3) is 0 Å². The molecule has 1 unspecified atom stereocenters. The van der Waals surface area contributed by atoms with Crippen LogP contribution >= 0.6 is 11.6 Å². The maximum absolute atomic E-state index is 5.84. The Morgan fingerprint density at radius 2 is 1.68 bits per heavy atom. The van der Waals surface area contributed by atoms with Crippen LogP contribution in [0.1, 0.15) is 23.6 Å². The van der Waals surface area contributed by atoms with Crippen LogP contribution in [0, 0.1) is 0 Å². The molecule has 1 atom stereocenters. The Bertz CT molecular complexity index is 877. The van der Waals surface area contributed by atoms with E-state index in [0.29, 0.717) is 5.15 Å². The first-order valence-corrected chi connectivity index (χ1v) is 8.42. The summed E-state index contributed by atoms with van der Waals surface area (Å²) >= 11 is 5.84. The van der Waals surface area contributed by atoms with E-state index in [0.717, 1.165) is 34.8 Å². The van der Waals surface area contributed by atoms with Crippen molar-refractivity contribution in [3.8, 4) is 11.5 Å². The number of para-hydroxylation sites is 1. The highest BCUT2D eigenvalue weighted by Crippen LogP contribution is 2.26. The molecule has 0 amide bonds. The largest absolute Gasteiger partial charge is 0.457 e. The fraction of sp³-hybridized carbons (Fsp3) is 0.100. The van der Waals surface area contributed by atoms with Crippen LogP contribution in [0.5, 0.6) is 11.5 Å². The molecule has 1 aromatic heterocycles. The quantitative estimate of drug-likeness (QED) is 0.677. The van der Waals surface area contributed by atoms with Gasteiger partial charge in [0.05, 0.1) is 11.8 Å². The van der Waals surface area contributed by atoms with Gasteiger partial charge in [-0.05, 0) is 53.6 Å². The summed E-state index contributed by atoms with van der Waals surface area (Å²) in [6.07, 6.45) is 2.59. The van der Waals surface area contributed by atoms with E-state index in [4.69, 9.17) is 16.3 Å². The number of benzene rings is 2. The molecule has 0 spiro atoms. The first-order valence-electron chi connectivity index (χ1n) is 8.05. The third kappa shape index (κ3) is 3.64. The van der Waals surface area contributed by atoms with Crippen molar-refractivity contribution in [2.45, 2.75) is 12.5 Å². The maximum atomic E-state index is 5.84. The molecule has 1 aliphatic rings. The molecule has 124 valence electrons. The van der Waals surface area contributed by atoms with Gasteiger partial charge in [0.1, 0.15) is 16.7 Å². The summed E-state index contributed by atoms with van der Waals surface area (Å²) in [6, 6.07) is 21.6. The number of nitrogens with one attached hydrogen (secondary N) is 1. The van der Waals surface area contributed by atoms with Gasteiger partial charge in [0.15, 0.2) is 0 Å². The minimum absolute atomic E-state index is 0.125. The molecule has 1 N–H and O–H groups in total. The lowest BCUT2D eigenvalue weighted by atomic mass is 10.0. The van der Waals surface area contributed by atoms with E-state index < -0.39 is 0 Å². The number of hydrogen-bond acceptors (Lipinski definition) is 4. The molecule has 0 bridgehead atoms. The molecule has 2 heterocycles. The van der Waals surface area contributed by atoms with Gasteiger partial charge in [-0.2, -0.15) is 5.10 Å². The topological polar surface area (TPSA) is 46.5 Å². The highest BCUT2D eigenvalue weighted by Gasteiger charge is 2.21. The van der Waals surface area contributed by atoms with Crippen LogP contribution in [0.4, 0.5) is 0 Å². The van der Waals surface area contributed by atoms with Crippen LogP contribution in [0.3, 0.4) is 0 Å². The van der Waals surface area contributed by atoms with Crippen molar-refractivity contribution in [2.75, 3.05) is 0 Å². The number of nitrogens with zero attached hydrogens (tertiary/aromatic N) is 2. The second-order valence-electron chi connectivity index (χ2n) is 5.80. The minimum atomic E-state index is 0.125. The summed E-state index contributed by atoms with van der Waals surface area (Å²) in [6.45, 7) is 0. The molecule has 3 aromatic rings. The van der Waals surface area contributed by atoms with Crippen molar-refractivity contribution in [1.82, 2.24) is 10.4 Å². The van der Waals surface area contributed by atoms with Crippen molar-refractivity contribution in [1.29, 1.82) is 0 Å². The highest BCUT2D eigenvalue weighted by molar-refractivity contribution is 6.29. The average Bonchev–Trinajstić information content (AvgIpc) is 3.14. The van der Waals surface area contributed by atoms with E-state index >= 15 is 0 Å². The maximum Gasteiger partial charge on any atom is 0.129 e. The summed E-state index contributed by atoms with van der Waals surface area (Å²) in [5, 5.41) is 4.96. The lowest BCUT2D eigenvalue weighted by Crippen LogP contribution is -2.10. The molecule has 25 heavy (non-hydrogen) atoms. The zero-order valence-corrected chi connectivity index (χ0v) is 14.1. The predicted octanol–water partition coefficient (Wildman–Crippen LogP) is 4.97. The van der Waals surface area contributed by atoms with Crippen LogP contribution in [-0.4, -0.2) is 10.7 Å². The van der Waals surface area contributed by atoms with Crippen LogP contribution < -0.4 is 10.2 Å². The average molecular weight is 350 g/mol. The summed E-state index contributed by atoms with van der Waals surface area (Å²) in [7, 11) is 0. The molecule has 0 saturated heterocycles. The highest BCUT2D eigenvalue weighted by atomic mass is 35.5. The SMILES string of the molecule is Clc1ccc(C2CC(c3ccc(Oc4ccccc4)cc3)=NN2)cn1. The molecule has 2 aromatic carbocycles. The monoisotopic (exact) mass is 349 g/mol. The molecular formula is C20H16ClN3O. The number of ether oxygens (including phenoxy) is 1. The molecule has 0 aliphatic carbocycles. The van der Waals surface area contributed by atoms with Gasteiger partial charge in [0.2, 0.25) is 0 Å². The van der Waals surface area contributed by atoms with Gasteiger partial charge in [0, 0.05) is 12.6 Å². The molecule has 0 radical (unpaired) electrons. The standard InChI is InChI=1S/C20H16ClN3O/c21-20-11-8-15(13-22-20)19-12-18(23-24-19)14-6-9-17(10-7-14)25-16-4-2-1-3-5-16/h1-11,13,19,24H,12H2. The van der Waals surface area contributed by atoms with Gasteiger partial charge >= 0.3 is 0 Å². The first kappa shape index (κ1) is 15.7. The van der Waals surface area contributed by atoms with Crippen molar-refractivity contribution in [3.63, 3.8) is 0 Å². The van der Waals surface area contributed by atoms with Crippen molar-refractivity contribution in [2.24, 2.45) is 5.10 Å². The van der Waals surface area contributed by atoms with Crippen molar-refractivity contribution in [3.05, 3.63) is 89.2 Å². The zero-order chi connectivity index (χ0) is 17.1. The van der Waals surface area contributed by atoms with Gasteiger partial charge in [-0.15, -0.1) is 0 Å². The molecule has 0 fully saturated rings. The first-order chi connectivity index (χ1) is 12.3. The number of aromatic nitrogens is 1. The van der Waals surface area contributed by atoms with Crippen LogP contribution in [-0.2, 0) is 0 Å². The Kier molecular flexibility index (Phi) is 4.36. The van der Waals surface area contributed by atoms with Crippen LogP contribution in [0.15, 0.2) is 78.0 Å². The van der Waals surface area contributed by atoms with E-state index in [2.05, 4.69) is 15.5 Å². The van der Waals surface area contributed by atoms with Gasteiger partial charge < -0.3 is 10.2 Å². The van der Waals surface area contributed by atoms with Crippen LogP contribution in [0.25, 0.3) is 0 Å². The van der Waals surface area contributed by atoms with E-state index in [1.54, 1.807) is 12.3 Å². The fourth-order valence-corrected chi connectivity index (χ4v) is 2.86. The van der Waals surface area contributed by atoms with E-state index in [-0.39, 0.29) is 6.04 Å². The third-order valence-corrected chi connectivity index (χ3v) is 4.30. The number of halogens is 1. The molecule has 5 heteroatoms. The fourth-order valence-electron chi connectivity index (χ4n) is 2.75. The summed E-state index contributed by atoms with van der Waals surface area (Å²) in [4.78, 5) is 4.13. The van der Waals surface area contributed by atoms with Gasteiger partial charge in [-0.1, -0.05) is 35.9 Å². The Morgan fingerprint density at radius 3 is 2.40 bits per heavy atom. The number of hydrazone groups is 1. The predicted molar refractivity (Wildman–Crippen MR) is 99.2 cm³/mol. The lowest BCUT2D eigenvalue weighted by molar-refractivity contribution is 0.482. The Labute approximate surface area is 151 Å². The summed E-state index contributed by atoms with van der Waals surface area (Å²) in [5.41, 5.74) is 6.35. The third-order valence-electron chi connectivity index (χ3n) is 4.07. The van der Waals surface area contributed by atoms with E-state index in [1.165, 1.54) is 0 Å². The smallest absolute Gasteiger partial charge is 0.129 e. The minimum Gasteiger partial charge on any atom is -0.457 e. The summed E-state index contributed by atoms with van der Waals surface area (Å²) < 4.78 is 5.82. The van der Waals surface area contributed by atoms with E-state index in [1.807, 2.05) is 60.7 Å². The van der Waals surface area contributed by atoms with Gasteiger partial charge in [-0.3, -0.25) is 0 Å². The van der Waals surface area contributed by atoms with Crippen molar-refractivity contribution < 1.29 is 4.74 Å². The second kappa shape index (κ2) is 6.95. The normalized spacial score (nSPS) is 16.2. The molecular weight excluding hydrogens is 334 g/mol. The molecule has 0 saturated carbocycles. The second-order valence-corrected chi connectivity index (χ2v) is 6.19. The molecule has 1 aliphatic heterocycles. The number of hydrogen-bond donors (Lipinski definition) is 1. The van der Waals surface area contributed by atoms with E-state index in [9.17, 15) is 0 Å². The Balaban J connectivity index is 1.43. The Morgan fingerprint density at radius 1 is 0.920 bits per heavy atom. The van der Waals surface area contributed by atoms with Crippen LogP contribution in [0.2, 0.25) is 5.15 Å². The number of pyridine rings is 1. The van der Waals surface area contributed by atoms with Gasteiger partial charge in [-0.25, -0.2) is 4.98 Å². The summed E-state index contributed by atoms with van der Waals surface area (Å²) in [5.74, 6) is 1.63. The Hall–Kier alpha value is -2.85.